The number of aromatic nitrogens is 2. The highest BCUT2D eigenvalue weighted by Crippen LogP contribution is 2.45. The lowest BCUT2D eigenvalue weighted by molar-refractivity contribution is 0.0910. The monoisotopic (exact) mass is 1340 g/mol. The van der Waals surface area contributed by atoms with Crippen LogP contribution < -0.4 is 9.80 Å². The predicted octanol–water partition coefficient (Wildman–Crippen LogP) is 19.4. The standard InChI is InChI=1S/C92H54N4O8/c97-85(58-26-9-3-10-27-58)63-48-50-75-71(53-63)72-54-64(49-51-76(72)93(75)79-42-20-36-69-83(79)91(103)95(89(69)101)73-38-15-13-32-65(73)56-22-5-1-6-23-56)86(98)62-31-17-30-61(52-62)55-44-46-60(47-45-55)88(100)68-35-19-41-78-82(68)81-67(87(99)59-28-11-4-12-29-59)34-18-40-77(81)94(78)80-43-21-37-70-84(80)92(104)96(90(70)102)74-39-16-14-33-66(74)57-24-7-2-8-25-57/h1-54H. The number of hydrogen-bond donors (Lipinski definition) is 0. The van der Waals surface area contributed by atoms with Gasteiger partial charge in [0.15, 0.2) is 23.1 Å². The van der Waals surface area contributed by atoms with E-state index >= 15 is 19.2 Å². The molecule has 0 fully saturated rings. The van der Waals surface area contributed by atoms with E-state index in [4.69, 9.17) is 0 Å². The highest BCUT2D eigenvalue weighted by molar-refractivity contribution is 6.38. The van der Waals surface area contributed by atoms with Gasteiger partial charge in [0, 0.05) is 77.2 Å². The number of ketones is 4. The van der Waals surface area contributed by atoms with Gasteiger partial charge in [0.1, 0.15) is 0 Å². The van der Waals surface area contributed by atoms with Gasteiger partial charge in [-0.15, -0.1) is 0 Å². The number of carbonyl (C=O) groups is 8. The average Bonchev–Trinajstić information content (AvgIpc) is 1.56. The summed E-state index contributed by atoms with van der Waals surface area (Å²) in [5.41, 5.74) is 12.5. The van der Waals surface area contributed by atoms with Crippen LogP contribution in [0.5, 0.6) is 0 Å². The maximum absolute atomic E-state index is 15.5. The molecule has 0 bridgehead atoms. The van der Waals surface area contributed by atoms with Crippen LogP contribution in [0.15, 0.2) is 328 Å². The van der Waals surface area contributed by atoms with Crippen molar-refractivity contribution >= 4 is 102 Å². The Morgan fingerprint density at radius 3 is 1.04 bits per heavy atom. The zero-order valence-corrected chi connectivity index (χ0v) is 55.2. The van der Waals surface area contributed by atoms with Crippen LogP contribution in [0.2, 0.25) is 0 Å². The van der Waals surface area contributed by atoms with E-state index in [1.165, 1.54) is 9.80 Å². The Bertz CT molecular complexity index is 6390. The van der Waals surface area contributed by atoms with Crippen molar-refractivity contribution in [2.45, 2.75) is 0 Å². The number of carbonyl (C=O) groups excluding carboxylic acids is 8. The molecule has 0 spiro atoms. The molecule has 12 heteroatoms. The number of fused-ring (bicyclic) bond motifs is 8. The SMILES string of the molecule is O=C(c1ccccc1)c1ccc2c(c1)c1cc(C(=O)c3cccc(-c4ccc(C(=O)c5cccc6c5c5c(C(=O)c7ccccc7)cccc5n6-c5cccc6c5C(=O)N(c5ccccc5-c5ccccc5)C6=O)cc4)c3)ccc1n2-c1cccc2c1C(=O)N(c1ccccc1-c1ccccc1)C2=O. The number of hydrogen-bond acceptors (Lipinski definition) is 8. The lowest BCUT2D eigenvalue weighted by atomic mass is 9.93. The largest absolute Gasteiger partial charge is 0.308 e. The highest BCUT2D eigenvalue weighted by atomic mass is 16.2. The Hall–Kier alpha value is -14.4. The molecule has 12 nitrogen and oxygen atoms in total. The Labute approximate surface area is 594 Å². The van der Waals surface area contributed by atoms with Gasteiger partial charge in [-0.1, -0.05) is 237 Å². The van der Waals surface area contributed by atoms with Gasteiger partial charge in [-0.2, -0.15) is 0 Å². The van der Waals surface area contributed by atoms with Crippen LogP contribution in [0.1, 0.15) is 105 Å². The van der Waals surface area contributed by atoms with Gasteiger partial charge in [0.05, 0.1) is 67.1 Å². The summed E-state index contributed by atoms with van der Waals surface area (Å²) in [7, 11) is 0. The van der Waals surface area contributed by atoms with Crippen LogP contribution in [0.3, 0.4) is 0 Å². The maximum atomic E-state index is 15.5. The van der Waals surface area contributed by atoms with Gasteiger partial charge in [0.2, 0.25) is 0 Å². The van der Waals surface area contributed by atoms with Crippen molar-refractivity contribution in [1.29, 1.82) is 0 Å². The zero-order chi connectivity index (χ0) is 70.4. The molecule has 0 N–H and O–H groups in total. The second kappa shape index (κ2) is 24.8. The molecule has 4 heterocycles. The third-order valence-corrected chi connectivity index (χ3v) is 20.0. The molecule has 0 aliphatic carbocycles. The summed E-state index contributed by atoms with van der Waals surface area (Å²) in [4.78, 5) is 122. The van der Waals surface area contributed by atoms with Gasteiger partial charge in [-0.25, -0.2) is 9.80 Å². The van der Waals surface area contributed by atoms with Crippen molar-refractivity contribution in [1.82, 2.24) is 9.13 Å². The molecule has 16 aromatic rings. The Kier molecular flexibility index (Phi) is 14.8. The smallest absolute Gasteiger partial charge is 0.268 e. The first-order chi connectivity index (χ1) is 51.0. The van der Waals surface area contributed by atoms with Gasteiger partial charge in [0.25, 0.3) is 23.6 Å². The van der Waals surface area contributed by atoms with Crippen LogP contribution in [0.25, 0.3) is 88.4 Å². The van der Waals surface area contributed by atoms with Crippen LogP contribution in [0, 0.1) is 0 Å². The minimum absolute atomic E-state index is 0.176. The number of rotatable bonds is 15. The molecule has 14 aromatic carbocycles. The van der Waals surface area contributed by atoms with E-state index in [-0.39, 0.29) is 45.4 Å². The summed E-state index contributed by atoms with van der Waals surface area (Å²) in [6.45, 7) is 0. The second-order valence-corrected chi connectivity index (χ2v) is 25.8. The highest BCUT2D eigenvalue weighted by Gasteiger charge is 2.42. The lowest BCUT2D eigenvalue weighted by Gasteiger charge is -2.18. The van der Waals surface area contributed by atoms with E-state index in [0.29, 0.717) is 122 Å². The number of anilines is 2. The Balaban J connectivity index is 0.700. The van der Waals surface area contributed by atoms with E-state index in [1.807, 2.05) is 185 Å². The van der Waals surface area contributed by atoms with Crippen LogP contribution in [0.4, 0.5) is 11.4 Å². The first-order valence-corrected chi connectivity index (χ1v) is 34.0. The molecule has 0 saturated carbocycles. The number of imide groups is 2. The van der Waals surface area contributed by atoms with Gasteiger partial charge in [-0.05, 0) is 113 Å². The first kappa shape index (κ1) is 61.9. The summed E-state index contributed by atoms with van der Waals surface area (Å²) < 4.78 is 3.80. The van der Waals surface area contributed by atoms with Gasteiger partial charge < -0.3 is 9.13 Å². The molecule has 18 rings (SSSR count). The molecule has 490 valence electrons. The fraction of sp³-hybridized carbons (Fsp3) is 0. The molecule has 2 aromatic heterocycles. The Morgan fingerprint density at radius 2 is 0.558 bits per heavy atom. The molecule has 2 aliphatic heterocycles. The molecule has 4 amide bonds. The predicted molar refractivity (Wildman–Crippen MR) is 406 cm³/mol. The molecular formula is C92H54N4O8. The van der Waals surface area contributed by atoms with Crippen molar-refractivity contribution < 1.29 is 38.4 Å². The second-order valence-electron chi connectivity index (χ2n) is 25.8. The minimum Gasteiger partial charge on any atom is -0.308 e. The van der Waals surface area contributed by atoms with E-state index in [2.05, 4.69) is 0 Å². The molecule has 0 unspecified atom stereocenters. The number of amides is 4. The maximum Gasteiger partial charge on any atom is 0.268 e. The van der Waals surface area contributed by atoms with E-state index in [9.17, 15) is 19.2 Å². The molecule has 0 saturated heterocycles. The summed E-state index contributed by atoms with van der Waals surface area (Å²) in [6, 6.07) is 98.1. The summed E-state index contributed by atoms with van der Waals surface area (Å²) >= 11 is 0. The summed E-state index contributed by atoms with van der Waals surface area (Å²) in [6.07, 6.45) is 0. The summed E-state index contributed by atoms with van der Waals surface area (Å²) in [5.74, 6) is -3.04. The molecular weight excluding hydrogens is 1290 g/mol. The third kappa shape index (κ3) is 9.91. The Morgan fingerprint density at radius 1 is 0.221 bits per heavy atom. The average molecular weight is 1340 g/mol. The topological polar surface area (TPSA) is 153 Å². The van der Waals surface area contributed by atoms with E-state index in [1.54, 1.807) is 152 Å². The first-order valence-electron chi connectivity index (χ1n) is 34.0. The number of nitrogens with zero attached hydrogens (tertiary/aromatic N) is 4. The van der Waals surface area contributed by atoms with Crippen LogP contribution in [-0.2, 0) is 0 Å². The number of para-hydroxylation sites is 2. The van der Waals surface area contributed by atoms with Gasteiger partial charge in [-0.3, -0.25) is 38.4 Å². The fourth-order valence-corrected chi connectivity index (χ4v) is 15.2. The quantitative estimate of drug-likeness (QED) is 0.0726. The van der Waals surface area contributed by atoms with Crippen molar-refractivity contribution in [3.05, 3.63) is 394 Å². The number of benzene rings is 14. The van der Waals surface area contributed by atoms with E-state index in [0.717, 1.165) is 22.3 Å². The van der Waals surface area contributed by atoms with Crippen LogP contribution in [-0.4, -0.2) is 55.9 Å². The van der Waals surface area contributed by atoms with Crippen LogP contribution >= 0.6 is 0 Å². The van der Waals surface area contributed by atoms with Crippen molar-refractivity contribution in [2.24, 2.45) is 0 Å². The third-order valence-electron chi connectivity index (χ3n) is 20.0. The molecule has 104 heavy (non-hydrogen) atoms. The van der Waals surface area contributed by atoms with Crippen molar-refractivity contribution in [3.8, 4) is 44.8 Å². The van der Waals surface area contributed by atoms with Gasteiger partial charge >= 0.3 is 0 Å². The molecule has 0 radical (unpaired) electrons. The van der Waals surface area contributed by atoms with Crippen molar-refractivity contribution in [2.75, 3.05) is 9.80 Å². The zero-order valence-electron chi connectivity index (χ0n) is 55.2. The molecule has 0 atom stereocenters. The van der Waals surface area contributed by atoms with Crippen molar-refractivity contribution in [3.63, 3.8) is 0 Å². The lowest BCUT2D eigenvalue weighted by Crippen LogP contribution is -2.30. The normalized spacial score (nSPS) is 12.6. The fourth-order valence-electron chi connectivity index (χ4n) is 15.2. The van der Waals surface area contributed by atoms with E-state index < -0.39 is 23.6 Å². The molecule has 2 aliphatic rings. The minimum atomic E-state index is -0.519. The summed E-state index contributed by atoms with van der Waals surface area (Å²) in [5, 5.41) is 2.25.